The van der Waals surface area contributed by atoms with E-state index in [0.29, 0.717) is 17.0 Å². The first kappa shape index (κ1) is 24.7. The maximum absolute atomic E-state index is 13.7. The van der Waals surface area contributed by atoms with Gasteiger partial charge in [0.25, 0.3) is 5.56 Å². The van der Waals surface area contributed by atoms with Crippen LogP contribution in [-0.4, -0.2) is 38.9 Å². The number of hydrogen-bond acceptors (Lipinski definition) is 6. The summed E-state index contributed by atoms with van der Waals surface area (Å²) in [7, 11) is 2.87. The molecule has 0 fully saturated rings. The number of ether oxygens (including phenoxy) is 2. The van der Waals surface area contributed by atoms with Crippen LogP contribution in [0.4, 0.5) is 4.39 Å². The molecule has 0 unspecified atom stereocenters. The highest BCUT2D eigenvalue weighted by Crippen LogP contribution is 2.17. The molecule has 2 aromatic heterocycles. The Morgan fingerprint density at radius 1 is 0.868 bits per heavy atom. The van der Waals surface area contributed by atoms with E-state index in [2.05, 4.69) is 4.98 Å². The molecule has 10 heteroatoms. The average molecular weight is 515 g/mol. The van der Waals surface area contributed by atoms with Gasteiger partial charge in [0.15, 0.2) is 11.2 Å². The van der Waals surface area contributed by atoms with E-state index in [1.54, 1.807) is 60.2 Å². The van der Waals surface area contributed by atoms with Crippen molar-refractivity contribution >= 4 is 17.1 Å². The predicted molar refractivity (Wildman–Crippen MR) is 139 cm³/mol. The largest absolute Gasteiger partial charge is 0.497 e. The molecule has 5 rings (SSSR count). The van der Waals surface area contributed by atoms with Gasteiger partial charge >= 0.3 is 11.7 Å². The molecule has 0 amide bonds. The van der Waals surface area contributed by atoms with Crippen molar-refractivity contribution in [2.75, 3.05) is 14.2 Å². The fourth-order valence-corrected chi connectivity index (χ4v) is 4.24. The van der Waals surface area contributed by atoms with E-state index >= 15 is 0 Å². The van der Waals surface area contributed by atoms with Gasteiger partial charge in [-0.15, -0.1) is 0 Å². The van der Waals surface area contributed by atoms with Gasteiger partial charge in [0, 0.05) is 6.54 Å². The van der Waals surface area contributed by atoms with Gasteiger partial charge in [-0.3, -0.25) is 9.36 Å². The third-order valence-electron chi connectivity index (χ3n) is 6.21. The lowest BCUT2D eigenvalue weighted by atomic mass is 10.1. The molecule has 0 spiro atoms. The number of nitrogens with zero attached hydrogens (tertiary/aromatic N) is 4. The van der Waals surface area contributed by atoms with Crippen molar-refractivity contribution < 1.29 is 18.7 Å². The molecule has 192 valence electrons. The highest BCUT2D eigenvalue weighted by Gasteiger charge is 2.20. The van der Waals surface area contributed by atoms with Crippen LogP contribution in [0.5, 0.6) is 5.75 Å². The zero-order valence-corrected chi connectivity index (χ0v) is 20.6. The molecule has 9 nitrogen and oxygen atoms in total. The van der Waals surface area contributed by atoms with Gasteiger partial charge in [0.1, 0.15) is 11.6 Å². The SMILES string of the molecule is COC(=O)c1ccc(Cn2cnc3c2c(=O)n(Cc2ccc(OC)cc2)c(=O)n3-c2ccc(F)cc2)cc1. The van der Waals surface area contributed by atoms with E-state index in [4.69, 9.17) is 9.47 Å². The van der Waals surface area contributed by atoms with Gasteiger partial charge in [-0.1, -0.05) is 24.3 Å². The Kier molecular flexibility index (Phi) is 6.61. The molecule has 5 aromatic rings. The third kappa shape index (κ3) is 4.59. The van der Waals surface area contributed by atoms with E-state index < -0.39 is 23.0 Å². The van der Waals surface area contributed by atoms with Crippen LogP contribution in [0.15, 0.2) is 88.7 Å². The van der Waals surface area contributed by atoms with Gasteiger partial charge in [0.2, 0.25) is 0 Å². The molecule has 0 radical (unpaired) electrons. The molecule has 0 saturated carbocycles. The summed E-state index contributed by atoms with van der Waals surface area (Å²) in [6.07, 6.45) is 1.48. The Hall–Kier alpha value is -4.99. The summed E-state index contributed by atoms with van der Waals surface area (Å²) in [5.74, 6) is -0.253. The standard InChI is InChI=1S/C28H23FN4O5/c1-37-23-13-5-19(6-14-23)16-32-26(34)24-25(33(28(32)36)22-11-9-21(29)10-12-22)30-17-31(24)15-18-3-7-20(8-4-18)27(35)38-2/h3-14,17H,15-16H2,1-2H3. The van der Waals surface area contributed by atoms with E-state index in [9.17, 15) is 18.8 Å². The van der Waals surface area contributed by atoms with Crippen molar-refractivity contribution in [1.29, 1.82) is 0 Å². The molecule has 0 atom stereocenters. The maximum Gasteiger partial charge on any atom is 0.337 e. The molecule has 0 aliphatic heterocycles. The number of imidazole rings is 1. The van der Waals surface area contributed by atoms with E-state index in [-0.39, 0.29) is 24.3 Å². The van der Waals surface area contributed by atoms with E-state index in [0.717, 1.165) is 15.7 Å². The van der Waals surface area contributed by atoms with Crippen LogP contribution in [0, 0.1) is 5.82 Å². The number of fused-ring (bicyclic) bond motifs is 1. The van der Waals surface area contributed by atoms with E-state index in [1.165, 1.54) is 42.3 Å². The fourth-order valence-electron chi connectivity index (χ4n) is 4.24. The third-order valence-corrected chi connectivity index (χ3v) is 6.21. The van der Waals surface area contributed by atoms with Crippen LogP contribution in [-0.2, 0) is 17.8 Å². The van der Waals surface area contributed by atoms with Crippen molar-refractivity contribution in [3.63, 3.8) is 0 Å². The Morgan fingerprint density at radius 3 is 2.13 bits per heavy atom. The predicted octanol–water partition coefficient (Wildman–Crippen LogP) is 3.38. The van der Waals surface area contributed by atoms with Crippen LogP contribution < -0.4 is 16.0 Å². The van der Waals surface area contributed by atoms with Crippen LogP contribution in [0.2, 0.25) is 0 Å². The molecular weight excluding hydrogens is 491 g/mol. The quantitative estimate of drug-likeness (QED) is 0.309. The van der Waals surface area contributed by atoms with Crippen LogP contribution in [0.25, 0.3) is 16.9 Å². The van der Waals surface area contributed by atoms with Gasteiger partial charge in [-0.25, -0.2) is 23.5 Å². The second kappa shape index (κ2) is 10.2. The summed E-state index contributed by atoms with van der Waals surface area (Å²) >= 11 is 0. The molecule has 3 aromatic carbocycles. The summed E-state index contributed by atoms with van der Waals surface area (Å²) in [6.45, 7) is 0.273. The Balaban J connectivity index is 1.65. The molecular formula is C28H23FN4O5. The number of hydrogen-bond donors (Lipinski definition) is 0. The second-order valence-electron chi connectivity index (χ2n) is 8.57. The molecule has 2 heterocycles. The Bertz CT molecular complexity index is 1730. The lowest BCUT2D eigenvalue weighted by Gasteiger charge is -2.13. The lowest BCUT2D eigenvalue weighted by Crippen LogP contribution is -2.40. The lowest BCUT2D eigenvalue weighted by molar-refractivity contribution is 0.0600. The van der Waals surface area contributed by atoms with Crippen molar-refractivity contribution in [3.8, 4) is 11.4 Å². The summed E-state index contributed by atoms with van der Waals surface area (Å²) < 4.78 is 27.7. The first-order valence-electron chi connectivity index (χ1n) is 11.7. The minimum absolute atomic E-state index is 0.0117. The highest BCUT2D eigenvalue weighted by molar-refractivity contribution is 5.89. The number of halogens is 1. The molecule has 0 bridgehead atoms. The number of aromatic nitrogens is 4. The number of carbonyl (C=O) groups excluding carboxylic acids is 1. The topological polar surface area (TPSA) is 97.4 Å². The summed E-state index contributed by atoms with van der Waals surface area (Å²) in [4.78, 5) is 43.5. The summed E-state index contributed by atoms with van der Waals surface area (Å²) in [5.41, 5.74) is 1.55. The molecule has 0 N–H and O–H groups in total. The van der Waals surface area contributed by atoms with Crippen molar-refractivity contribution in [3.05, 3.63) is 122 Å². The Morgan fingerprint density at radius 2 is 1.50 bits per heavy atom. The van der Waals surface area contributed by atoms with E-state index in [1.807, 2.05) is 0 Å². The second-order valence-corrected chi connectivity index (χ2v) is 8.57. The molecule has 0 saturated heterocycles. The average Bonchev–Trinajstić information content (AvgIpc) is 3.35. The van der Waals surface area contributed by atoms with Crippen LogP contribution >= 0.6 is 0 Å². The van der Waals surface area contributed by atoms with Crippen molar-refractivity contribution in [2.24, 2.45) is 0 Å². The van der Waals surface area contributed by atoms with Gasteiger partial charge in [-0.2, -0.15) is 0 Å². The zero-order chi connectivity index (χ0) is 26.8. The van der Waals surface area contributed by atoms with Gasteiger partial charge in [0.05, 0.1) is 38.3 Å². The maximum atomic E-state index is 13.7. The van der Waals surface area contributed by atoms with Crippen molar-refractivity contribution in [2.45, 2.75) is 13.1 Å². The molecule has 0 aliphatic rings. The first-order valence-corrected chi connectivity index (χ1v) is 11.7. The normalized spacial score (nSPS) is 11.0. The van der Waals surface area contributed by atoms with Gasteiger partial charge in [-0.05, 0) is 59.7 Å². The first-order chi connectivity index (χ1) is 18.4. The fraction of sp³-hybridized carbons (Fsp3) is 0.143. The minimum Gasteiger partial charge on any atom is -0.497 e. The molecule has 0 aliphatic carbocycles. The summed E-state index contributed by atoms with van der Waals surface area (Å²) in [5, 5.41) is 0. The summed E-state index contributed by atoms with van der Waals surface area (Å²) in [6, 6.07) is 19.2. The van der Waals surface area contributed by atoms with Crippen LogP contribution in [0.3, 0.4) is 0 Å². The Labute approximate surface area is 215 Å². The smallest absolute Gasteiger partial charge is 0.337 e. The van der Waals surface area contributed by atoms with Crippen molar-refractivity contribution in [1.82, 2.24) is 18.7 Å². The highest BCUT2D eigenvalue weighted by atomic mass is 19.1. The number of rotatable bonds is 7. The molecule has 38 heavy (non-hydrogen) atoms. The number of esters is 1. The number of benzene rings is 3. The minimum atomic E-state index is -0.599. The number of methoxy groups -OCH3 is 2. The number of carbonyl (C=O) groups is 1. The monoisotopic (exact) mass is 514 g/mol. The van der Waals surface area contributed by atoms with Gasteiger partial charge < -0.3 is 14.0 Å². The van der Waals surface area contributed by atoms with Crippen LogP contribution in [0.1, 0.15) is 21.5 Å². The zero-order valence-electron chi connectivity index (χ0n) is 20.6.